The molecule has 1 unspecified atom stereocenters. The summed E-state index contributed by atoms with van der Waals surface area (Å²) in [7, 11) is 0. The lowest BCUT2D eigenvalue weighted by molar-refractivity contribution is -0.108. The number of carbonyl (C=O) groups excluding carboxylic acids is 1. The van der Waals surface area contributed by atoms with E-state index >= 15 is 0 Å². The second-order valence-corrected chi connectivity index (χ2v) is 3.94. The fraction of sp³-hybridized carbons (Fsp3) is 0.214. The molecule has 0 aromatic heterocycles. The third-order valence-corrected chi connectivity index (χ3v) is 2.87. The van der Waals surface area contributed by atoms with Gasteiger partial charge in [0.1, 0.15) is 6.29 Å². The molecule has 0 saturated heterocycles. The van der Waals surface area contributed by atoms with Gasteiger partial charge in [0.25, 0.3) is 0 Å². The average Bonchev–Trinajstić information content (AvgIpc) is 2.29. The van der Waals surface area contributed by atoms with Crippen molar-refractivity contribution >= 4 is 17.1 Å². The van der Waals surface area contributed by atoms with E-state index in [-0.39, 0.29) is 5.92 Å². The van der Waals surface area contributed by atoms with Crippen molar-refractivity contribution in [2.75, 3.05) is 0 Å². The van der Waals surface area contributed by atoms with Gasteiger partial charge in [-0.25, -0.2) is 0 Å². The summed E-state index contributed by atoms with van der Waals surface area (Å²) in [6.07, 6.45) is 0.997. The molecule has 0 heterocycles. The van der Waals surface area contributed by atoms with Crippen LogP contribution in [0.25, 0.3) is 10.8 Å². The first kappa shape index (κ1) is 9.91. The normalized spacial score (nSPS) is 12.7. The molecule has 0 fully saturated rings. The molecule has 15 heavy (non-hydrogen) atoms. The standard InChI is InChI=1S/C14H14O/c1-10-7-8-13(11(2)9-15)14-6-4-3-5-12(10)14/h3-9,11H,1-2H3. The van der Waals surface area contributed by atoms with Gasteiger partial charge >= 0.3 is 0 Å². The highest BCUT2D eigenvalue weighted by Gasteiger charge is 2.08. The Kier molecular flexibility index (Phi) is 2.55. The predicted molar refractivity (Wildman–Crippen MR) is 63.2 cm³/mol. The summed E-state index contributed by atoms with van der Waals surface area (Å²) in [5, 5.41) is 2.43. The van der Waals surface area contributed by atoms with Crippen LogP contribution in [0.1, 0.15) is 24.0 Å². The number of hydrogen-bond acceptors (Lipinski definition) is 1. The molecule has 1 heteroatoms. The van der Waals surface area contributed by atoms with Gasteiger partial charge in [-0.3, -0.25) is 0 Å². The summed E-state index contributed by atoms with van der Waals surface area (Å²) >= 11 is 0. The second kappa shape index (κ2) is 3.85. The van der Waals surface area contributed by atoms with Crippen LogP contribution in [0, 0.1) is 6.92 Å². The molecule has 0 aliphatic heterocycles. The smallest absolute Gasteiger partial charge is 0.127 e. The topological polar surface area (TPSA) is 17.1 Å². The summed E-state index contributed by atoms with van der Waals surface area (Å²) < 4.78 is 0. The summed E-state index contributed by atoms with van der Waals surface area (Å²) in [5.74, 6) is -0.0319. The Bertz CT molecular complexity index is 500. The van der Waals surface area contributed by atoms with Gasteiger partial charge in [-0.1, -0.05) is 43.3 Å². The Labute approximate surface area is 89.7 Å². The molecule has 76 valence electrons. The predicted octanol–water partition coefficient (Wildman–Crippen LogP) is 3.45. The van der Waals surface area contributed by atoms with Crippen molar-refractivity contribution in [3.8, 4) is 0 Å². The molecule has 1 nitrogen and oxygen atoms in total. The lowest BCUT2D eigenvalue weighted by atomic mass is 9.93. The van der Waals surface area contributed by atoms with Gasteiger partial charge in [0, 0.05) is 5.92 Å². The van der Waals surface area contributed by atoms with E-state index in [4.69, 9.17) is 0 Å². The monoisotopic (exact) mass is 198 g/mol. The molecule has 0 saturated carbocycles. The molecule has 2 rings (SSSR count). The minimum atomic E-state index is -0.0319. The van der Waals surface area contributed by atoms with Crippen LogP contribution in [-0.4, -0.2) is 6.29 Å². The van der Waals surface area contributed by atoms with E-state index in [1.54, 1.807) is 0 Å². The van der Waals surface area contributed by atoms with Gasteiger partial charge in [0.15, 0.2) is 0 Å². The third-order valence-electron chi connectivity index (χ3n) is 2.87. The van der Waals surface area contributed by atoms with Crippen molar-refractivity contribution in [2.45, 2.75) is 19.8 Å². The van der Waals surface area contributed by atoms with Gasteiger partial charge < -0.3 is 4.79 Å². The lowest BCUT2D eigenvalue weighted by Crippen LogP contribution is -1.96. The number of aldehydes is 1. The fourth-order valence-electron chi connectivity index (χ4n) is 1.94. The molecule has 0 radical (unpaired) electrons. The molecule has 0 bridgehead atoms. The molecule has 0 aliphatic rings. The van der Waals surface area contributed by atoms with Crippen molar-refractivity contribution in [1.82, 2.24) is 0 Å². The van der Waals surface area contributed by atoms with Crippen LogP contribution >= 0.6 is 0 Å². The number of rotatable bonds is 2. The second-order valence-electron chi connectivity index (χ2n) is 3.94. The molecular formula is C14H14O. The first-order valence-electron chi connectivity index (χ1n) is 5.17. The number of benzene rings is 2. The van der Waals surface area contributed by atoms with E-state index in [0.717, 1.165) is 11.8 Å². The SMILES string of the molecule is Cc1ccc(C(C)C=O)c2ccccc12. The zero-order valence-corrected chi connectivity index (χ0v) is 9.03. The van der Waals surface area contributed by atoms with Crippen molar-refractivity contribution in [3.05, 3.63) is 47.5 Å². The van der Waals surface area contributed by atoms with Crippen molar-refractivity contribution in [2.24, 2.45) is 0 Å². The Morgan fingerprint density at radius 3 is 2.40 bits per heavy atom. The van der Waals surface area contributed by atoms with Gasteiger partial charge in [-0.2, -0.15) is 0 Å². The van der Waals surface area contributed by atoms with Crippen molar-refractivity contribution in [3.63, 3.8) is 0 Å². The molecule has 0 aliphatic carbocycles. The van der Waals surface area contributed by atoms with Gasteiger partial charge in [-0.15, -0.1) is 0 Å². The Hall–Kier alpha value is -1.63. The van der Waals surface area contributed by atoms with Crippen LogP contribution in [-0.2, 0) is 4.79 Å². The van der Waals surface area contributed by atoms with Crippen LogP contribution in [0.4, 0.5) is 0 Å². The maximum absolute atomic E-state index is 10.8. The van der Waals surface area contributed by atoms with E-state index in [9.17, 15) is 4.79 Å². The van der Waals surface area contributed by atoms with Gasteiger partial charge in [0.2, 0.25) is 0 Å². The molecule has 0 N–H and O–H groups in total. The lowest BCUT2D eigenvalue weighted by Gasteiger charge is -2.10. The first-order valence-corrected chi connectivity index (χ1v) is 5.17. The van der Waals surface area contributed by atoms with Crippen molar-refractivity contribution in [1.29, 1.82) is 0 Å². The summed E-state index contributed by atoms with van der Waals surface area (Å²) in [6.45, 7) is 4.03. The van der Waals surface area contributed by atoms with Crippen molar-refractivity contribution < 1.29 is 4.79 Å². The highest BCUT2D eigenvalue weighted by Crippen LogP contribution is 2.26. The Morgan fingerprint density at radius 2 is 1.73 bits per heavy atom. The molecule has 1 atom stereocenters. The quantitative estimate of drug-likeness (QED) is 0.675. The highest BCUT2D eigenvalue weighted by molar-refractivity contribution is 5.90. The van der Waals surface area contributed by atoms with E-state index in [2.05, 4.69) is 31.2 Å². The summed E-state index contributed by atoms with van der Waals surface area (Å²) in [6, 6.07) is 12.4. The summed E-state index contributed by atoms with van der Waals surface area (Å²) in [5.41, 5.74) is 2.37. The zero-order chi connectivity index (χ0) is 10.8. The highest BCUT2D eigenvalue weighted by atomic mass is 16.1. The number of hydrogen-bond donors (Lipinski definition) is 0. The molecule has 2 aromatic rings. The number of fused-ring (bicyclic) bond motifs is 1. The van der Waals surface area contributed by atoms with Crippen LogP contribution in [0.5, 0.6) is 0 Å². The first-order chi connectivity index (χ1) is 7.24. The average molecular weight is 198 g/mol. The van der Waals surface area contributed by atoms with Gasteiger partial charge in [0.05, 0.1) is 0 Å². The fourth-order valence-corrected chi connectivity index (χ4v) is 1.94. The summed E-state index contributed by atoms with van der Waals surface area (Å²) in [4.78, 5) is 10.8. The largest absolute Gasteiger partial charge is 0.303 e. The van der Waals surface area contributed by atoms with E-state index < -0.39 is 0 Å². The number of aryl methyl sites for hydroxylation is 1. The maximum atomic E-state index is 10.8. The maximum Gasteiger partial charge on any atom is 0.127 e. The van der Waals surface area contributed by atoms with Gasteiger partial charge in [-0.05, 0) is 28.8 Å². The van der Waals surface area contributed by atoms with Crippen LogP contribution in [0.3, 0.4) is 0 Å². The minimum absolute atomic E-state index is 0.0319. The molecule has 2 aromatic carbocycles. The van der Waals surface area contributed by atoms with E-state index in [1.165, 1.54) is 16.3 Å². The van der Waals surface area contributed by atoms with Crippen LogP contribution in [0.2, 0.25) is 0 Å². The minimum Gasteiger partial charge on any atom is -0.303 e. The van der Waals surface area contributed by atoms with Crippen LogP contribution < -0.4 is 0 Å². The molecular weight excluding hydrogens is 184 g/mol. The number of carbonyl (C=O) groups is 1. The third kappa shape index (κ3) is 1.65. The Morgan fingerprint density at radius 1 is 1.07 bits per heavy atom. The van der Waals surface area contributed by atoms with E-state index in [1.807, 2.05) is 19.1 Å². The molecule has 0 amide bonds. The zero-order valence-electron chi connectivity index (χ0n) is 9.03. The molecule has 0 spiro atoms. The van der Waals surface area contributed by atoms with E-state index in [0.29, 0.717) is 0 Å². The van der Waals surface area contributed by atoms with Crippen LogP contribution in [0.15, 0.2) is 36.4 Å². The Balaban J connectivity index is 2.77.